The normalized spacial score (nSPS) is 31.9. The minimum absolute atomic E-state index is 0.197. The molecule has 2 aliphatic carbocycles. The largest absolute Gasteiger partial charge is 0.391 e. The van der Waals surface area contributed by atoms with Crippen LogP contribution in [0.1, 0.15) is 38.5 Å². The number of hydrogen-bond donors (Lipinski definition) is 1. The standard InChI is InChI=1S/C11H21NO3S/c1-12(10-4-2-3-5-11(10)13)16(14,15)8-9-6-7-9/h9-11,13H,2-8H2,1H3. The predicted molar refractivity (Wildman–Crippen MR) is 62.5 cm³/mol. The lowest BCUT2D eigenvalue weighted by molar-refractivity contribution is 0.0637. The third kappa shape index (κ3) is 2.76. The van der Waals surface area contributed by atoms with Crippen molar-refractivity contribution in [3.8, 4) is 0 Å². The fraction of sp³-hybridized carbons (Fsp3) is 1.00. The molecule has 0 aromatic heterocycles. The molecule has 0 heterocycles. The van der Waals surface area contributed by atoms with Crippen LogP contribution in [0, 0.1) is 5.92 Å². The van der Waals surface area contributed by atoms with Crippen molar-refractivity contribution in [2.45, 2.75) is 50.7 Å². The van der Waals surface area contributed by atoms with Crippen molar-refractivity contribution in [2.75, 3.05) is 12.8 Å². The Morgan fingerprint density at radius 3 is 2.38 bits per heavy atom. The first-order chi connectivity index (χ1) is 7.50. The molecule has 0 saturated heterocycles. The van der Waals surface area contributed by atoms with Crippen LogP contribution < -0.4 is 0 Å². The van der Waals surface area contributed by atoms with Crippen molar-refractivity contribution in [3.05, 3.63) is 0 Å². The zero-order valence-electron chi connectivity index (χ0n) is 9.80. The molecular weight excluding hydrogens is 226 g/mol. The van der Waals surface area contributed by atoms with Gasteiger partial charge in [-0.1, -0.05) is 12.8 Å². The summed E-state index contributed by atoms with van der Waals surface area (Å²) in [5.74, 6) is 0.639. The van der Waals surface area contributed by atoms with Gasteiger partial charge in [0.1, 0.15) is 0 Å². The van der Waals surface area contributed by atoms with Crippen LogP contribution in [0.3, 0.4) is 0 Å². The van der Waals surface area contributed by atoms with Gasteiger partial charge in [0.2, 0.25) is 10.0 Å². The Morgan fingerprint density at radius 1 is 1.19 bits per heavy atom. The second-order valence-electron chi connectivity index (χ2n) is 5.16. The lowest BCUT2D eigenvalue weighted by Gasteiger charge is -2.34. The SMILES string of the molecule is CN(C1CCCCC1O)S(=O)(=O)CC1CC1. The Bertz CT molecular complexity index is 337. The highest BCUT2D eigenvalue weighted by molar-refractivity contribution is 7.89. The highest BCUT2D eigenvalue weighted by Crippen LogP contribution is 2.32. The smallest absolute Gasteiger partial charge is 0.214 e. The molecule has 0 aromatic carbocycles. The molecule has 1 N–H and O–H groups in total. The first-order valence-corrected chi connectivity index (χ1v) is 7.75. The highest BCUT2D eigenvalue weighted by atomic mass is 32.2. The first kappa shape index (κ1) is 12.3. The molecule has 2 atom stereocenters. The average molecular weight is 247 g/mol. The Labute approximate surface area is 97.7 Å². The van der Waals surface area contributed by atoms with Gasteiger partial charge in [-0.05, 0) is 31.6 Å². The molecule has 2 rings (SSSR count). The summed E-state index contributed by atoms with van der Waals surface area (Å²) in [4.78, 5) is 0. The molecule has 0 aliphatic heterocycles. The zero-order chi connectivity index (χ0) is 11.8. The summed E-state index contributed by atoms with van der Waals surface area (Å²) >= 11 is 0. The molecule has 16 heavy (non-hydrogen) atoms. The second-order valence-corrected chi connectivity index (χ2v) is 7.23. The first-order valence-electron chi connectivity index (χ1n) is 6.14. The maximum Gasteiger partial charge on any atom is 0.214 e. The number of aliphatic hydroxyl groups is 1. The molecule has 0 bridgehead atoms. The molecule has 0 spiro atoms. The molecule has 2 aliphatic rings. The Balaban J connectivity index is 2.01. The molecule has 2 saturated carbocycles. The molecule has 0 amide bonds. The van der Waals surface area contributed by atoms with Gasteiger partial charge in [-0.3, -0.25) is 0 Å². The van der Waals surface area contributed by atoms with E-state index in [4.69, 9.17) is 0 Å². The summed E-state index contributed by atoms with van der Waals surface area (Å²) in [7, 11) is -1.53. The maximum atomic E-state index is 12.0. The third-order valence-electron chi connectivity index (χ3n) is 3.74. The average Bonchev–Trinajstić information content (AvgIpc) is 3.01. The van der Waals surface area contributed by atoms with Crippen molar-refractivity contribution in [2.24, 2.45) is 5.92 Å². The van der Waals surface area contributed by atoms with Crippen LogP contribution in [0.2, 0.25) is 0 Å². The van der Waals surface area contributed by atoms with Gasteiger partial charge < -0.3 is 5.11 Å². The van der Waals surface area contributed by atoms with E-state index in [-0.39, 0.29) is 11.8 Å². The van der Waals surface area contributed by atoms with Crippen molar-refractivity contribution in [3.63, 3.8) is 0 Å². The van der Waals surface area contributed by atoms with Crippen LogP contribution in [0.4, 0.5) is 0 Å². The summed E-state index contributed by atoms with van der Waals surface area (Å²) in [6.07, 6.45) is 5.16. The topological polar surface area (TPSA) is 57.6 Å². The predicted octanol–water partition coefficient (Wildman–Crippen LogP) is 0.962. The zero-order valence-corrected chi connectivity index (χ0v) is 10.6. The number of hydrogen-bond acceptors (Lipinski definition) is 3. The van der Waals surface area contributed by atoms with Gasteiger partial charge in [0.25, 0.3) is 0 Å². The number of aliphatic hydroxyl groups excluding tert-OH is 1. The molecule has 2 fully saturated rings. The van der Waals surface area contributed by atoms with Crippen LogP contribution in [-0.2, 0) is 10.0 Å². The van der Waals surface area contributed by atoms with Crippen LogP contribution in [0.15, 0.2) is 0 Å². The Kier molecular flexibility index (Phi) is 3.56. The van der Waals surface area contributed by atoms with Gasteiger partial charge in [0.15, 0.2) is 0 Å². The monoisotopic (exact) mass is 247 g/mol. The van der Waals surface area contributed by atoms with Crippen LogP contribution >= 0.6 is 0 Å². The highest BCUT2D eigenvalue weighted by Gasteiger charge is 2.36. The Morgan fingerprint density at radius 2 is 1.81 bits per heavy atom. The second kappa shape index (κ2) is 4.63. The molecule has 2 unspecified atom stereocenters. The van der Waals surface area contributed by atoms with Gasteiger partial charge in [0.05, 0.1) is 17.9 Å². The third-order valence-corrected chi connectivity index (χ3v) is 5.78. The van der Waals surface area contributed by atoms with Crippen molar-refractivity contribution in [1.29, 1.82) is 0 Å². The summed E-state index contributed by atoms with van der Waals surface area (Å²) in [5.41, 5.74) is 0. The fourth-order valence-corrected chi connectivity index (χ4v) is 4.24. The number of nitrogens with zero attached hydrogens (tertiary/aromatic N) is 1. The number of sulfonamides is 1. The van der Waals surface area contributed by atoms with E-state index in [1.165, 1.54) is 4.31 Å². The van der Waals surface area contributed by atoms with E-state index >= 15 is 0 Å². The lowest BCUT2D eigenvalue weighted by atomic mass is 9.93. The van der Waals surface area contributed by atoms with Crippen LogP contribution in [0.25, 0.3) is 0 Å². The van der Waals surface area contributed by atoms with Gasteiger partial charge in [-0.2, -0.15) is 4.31 Å². The molecule has 94 valence electrons. The van der Waals surface area contributed by atoms with E-state index in [0.717, 1.165) is 38.5 Å². The molecule has 4 nitrogen and oxygen atoms in total. The van der Waals surface area contributed by atoms with Gasteiger partial charge in [-0.15, -0.1) is 0 Å². The van der Waals surface area contributed by atoms with Crippen molar-refractivity contribution in [1.82, 2.24) is 4.31 Å². The summed E-state index contributed by atoms with van der Waals surface area (Å²) in [5, 5.41) is 9.85. The minimum Gasteiger partial charge on any atom is -0.391 e. The minimum atomic E-state index is -3.16. The number of rotatable bonds is 4. The van der Waals surface area contributed by atoms with Gasteiger partial charge in [-0.25, -0.2) is 8.42 Å². The summed E-state index contributed by atoms with van der Waals surface area (Å²) in [6.45, 7) is 0. The van der Waals surface area contributed by atoms with Gasteiger partial charge in [0, 0.05) is 7.05 Å². The fourth-order valence-electron chi connectivity index (χ4n) is 2.42. The van der Waals surface area contributed by atoms with Crippen LogP contribution in [-0.4, -0.2) is 42.8 Å². The van der Waals surface area contributed by atoms with E-state index in [9.17, 15) is 13.5 Å². The van der Waals surface area contributed by atoms with E-state index in [1.807, 2.05) is 0 Å². The summed E-state index contributed by atoms with van der Waals surface area (Å²) in [6, 6.07) is -0.197. The van der Waals surface area contributed by atoms with E-state index in [0.29, 0.717) is 5.92 Å². The van der Waals surface area contributed by atoms with Crippen LogP contribution in [0.5, 0.6) is 0 Å². The van der Waals surface area contributed by atoms with Gasteiger partial charge >= 0.3 is 0 Å². The molecule has 5 heteroatoms. The Hall–Kier alpha value is -0.130. The quantitative estimate of drug-likeness (QED) is 0.805. The van der Waals surface area contributed by atoms with E-state index < -0.39 is 16.1 Å². The molecular formula is C11H21NO3S. The van der Waals surface area contributed by atoms with E-state index in [2.05, 4.69) is 0 Å². The maximum absolute atomic E-state index is 12.0. The van der Waals surface area contributed by atoms with Crippen molar-refractivity contribution >= 4 is 10.0 Å². The number of likely N-dealkylation sites (N-methyl/N-ethyl adjacent to an activating group) is 1. The lowest BCUT2D eigenvalue weighted by Crippen LogP contribution is -2.47. The molecule has 0 radical (unpaired) electrons. The van der Waals surface area contributed by atoms with Crippen molar-refractivity contribution < 1.29 is 13.5 Å². The molecule has 0 aromatic rings. The van der Waals surface area contributed by atoms with E-state index in [1.54, 1.807) is 7.05 Å². The summed E-state index contributed by atoms with van der Waals surface area (Å²) < 4.78 is 25.5.